The van der Waals surface area contributed by atoms with Gasteiger partial charge in [0.25, 0.3) is 5.91 Å². The predicted octanol–water partition coefficient (Wildman–Crippen LogP) is 1.05. The van der Waals surface area contributed by atoms with E-state index in [4.69, 9.17) is 5.73 Å². The van der Waals surface area contributed by atoms with Crippen LogP contribution in [0.4, 0.5) is 0 Å². The number of carbonyl (C=O) groups is 1. The summed E-state index contributed by atoms with van der Waals surface area (Å²) in [5.74, 6) is 5.69. The van der Waals surface area contributed by atoms with Crippen LogP contribution in [0.5, 0.6) is 0 Å². The number of nitrogens with two attached hydrogens (primary N) is 1. The number of carbonyl (C=O) groups excluding carboxylic acids is 1. The zero-order chi connectivity index (χ0) is 13.7. The largest absolute Gasteiger partial charge is 0.394 e. The molecule has 1 aliphatic heterocycles. The summed E-state index contributed by atoms with van der Waals surface area (Å²) in [6.45, 7) is 1.03. The molecule has 19 heavy (non-hydrogen) atoms. The van der Waals surface area contributed by atoms with Gasteiger partial charge >= 0.3 is 0 Å². The van der Waals surface area contributed by atoms with Crippen LogP contribution in [0.1, 0.15) is 34.5 Å². The van der Waals surface area contributed by atoms with Gasteiger partial charge in [-0.3, -0.25) is 4.79 Å². The Morgan fingerprint density at radius 2 is 2.42 bits per heavy atom. The molecule has 1 amide bonds. The van der Waals surface area contributed by atoms with Crippen LogP contribution in [0.25, 0.3) is 0 Å². The molecule has 0 spiro atoms. The van der Waals surface area contributed by atoms with Gasteiger partial charge in [0, 0.05) is 12.1 Å². The third-order valence-electron chi connectivity index (χ3n) is 3.28. The second-order valence-electron chi connectivity index (χ2n) is 4.50. The lowest BCUT2D eigenvalue weighted by Crippen LogP contribution is -2.45. The molecule has 4 nitrogen and oxygen atoms in total. The highest BCUT2D eigenvalue weighted by Gasteiger charge is 2.28. The third kappa shape index (κ3) is 3.16. The first-order valence-electron chi connectivity index (χ1n) is 6.46. The number of piperidine rings is 1. The zero-order valence-corrected chi connectivity index (χ0v) is 11.6. The predicted molar refractivity (Wildman–Crippen MR) is 76.0 cm³/mol. The number of nitrogens with zero attached hydrogens (tertiary/aromatic N) is 1. The molecule has 1 saturated heterocycles. The number of aliphatic hydroxyl groups excluding tert-OH is 1. The van der Waals surface area contributed by atoms with Crippen LogP contribution in [-0.2, 0) is 0 Å². The van der Waals surface area contributed by atoms with Crippen LogP contribution in [0, 0.1) is 11.8 Å². The molecule has 1 unspecified atom stereocenters. The van der Waals surface area contributed by atoms with E-state index in [0.29, 0.717) is 11.4 Å². The fourth-order valence-electron chi connectivity index (χ4n) is 2.31. The number of amides is 1. The van der Waals surface area contributed by atoms with Crippen molar-refractivity contribution in [3.63, 3.8) is 0 Å². The number of aliphatic hydroxyl groups is 1. The molecular weight excluding hydrogens is 260 g/mol. The Bertz CT molecular complexity index is 501. The van der Waals surface area contributed by atoms with E-state index >= 15 is 0 Å². The lowest BCUT2D eigenvalue weighted by molar-refractivity contribution is 0.0507. The first kappa shape index (κ1) is 14.1. The van der Waals surface area contributed by atoms with Gasteiger partial charge < -0.3 is 15.7 Å². The Labute approximate surface area is 117 Å². The Kier molecular flexibility index (Phi) is 4.97. The lowest BCUT2D eigenvalue weighted by atomic mass is 10.0. The van der Waals surface area contributed by atoms with Crippen molar-refractivity contribution in [2.75, 3.05) is 19.7 Å². The van der Waals surface area contributed by atoms with Crippen molar-refractivity contribution in [3.8, 4) is 11.8 Å². The van der Waals surface area contributed by atoms with Gasteiger partial charge in [-0.1, -0.05) is 11.8 Å². The monoisotopic (exact) mass is 278 g/mol. The van der Waals surface area contributed by atoms with Crippen molar-refractivity contribution >= 4 is 17.2 Å². The molecule has 102 valence electrons. The van der Waals surface area contributed by atoms with Gasteiger partial charge in [0.1, 0.15) is 4.88 Å². The minimum Gasteiger partial charge on any atom is -0.394 e. The summed E-state index contributed by atoms with van der Waals surface area (Å²) in [4.78, 5) is 15.0. The van der Waals surface area contributed by atoms with Crippen molar-refractivity contribution in [2.45, 2.75) is 25.3 Å². The Morgan fingerprint density at radius 3 is 3.16 bits per heavy atom. The molecule has 1 atom stereocenters. The molecule has 1 aliphatic rings. The second kappa shape index (κ2) is 6.71. The minimum absolute atomic E-state index is 0.0185. The van der Waals surface area contributed by atoms with Crippen molar-refractivity contribution < 1.29 is 9.90 Å². The van der Waals surface area contributed by atoms with Crippen LogP contribution in [0.15, 0.2) is 11.4 Å². The van der Waals surface area contributed by atoms with Crippen molar-refractivity contribution in [2.24, 2.45) is 5.73 Å². The van der Waals surface area contributed by atoms with Gasteiger partial charge in [-0.2, -0.15) is 0 Å². The maximum atomic E-state index is 12.5. The average Bonchev–Trinajstić information content (AvgIpc) is 2.92. The average molecular weight is 278 g/mol. The highest BCUT2D eigenvalue weighted by Crippen LogP contribution is 2.23. The van der Waals surface area contributed by atoms with Crippen LogP contribution in [0.2, 0.25) is 0 Å². The van der Waals surface area contributed by atoms with Gasteiger partial charge in [-0.15, -0.1) is 11.3 Å². The van der Waals surface area contributed by atoms with Gasteiger partial charge in [-0.05, 0) is 30.7 Å². The SMILES string of the molecule is NCC#Cc1ccsc1C(=O)N1CCCCC1CO. The quantitative estimate of drug-likeness (QED) is 0.795. The summed E-state index contributed by atoms with van der Waals surface area (Å²) in [7, 11) is 0. The molecule has 0 saturated carbocycles. The summed E-state index contributed by atoms with van der Waals surface area (Å²) in [5, 5.41) is 11.3. The molecule has 2 heterocycles. The van der Waals surface area contributed by atoms with Crippen LogP contribution in [-0.4, -0.2) is 41.7 Å². The van der Waals surface area contributed by atoms with Crippen LogP contribution in [0.3, 0.4) is 0 Å². The molecule has 0 aromatic carbocycles. The van der Waals surface area contributed by atoms with E-state index in [1.54, 1.807) is 4.90 Å². The molecule has 3 N–H and O–H groups in total. The fraction of sp³-hybridized carbons (Fsp3) is 0.500. The Morgan fingerprint density at radius 1 is 1.58 bits per heavy atom. The number of rotatable bonds is 2. The topological polar surface area (TPSA) is 66.6 Å². The Hall–Kier alpha value is -1.35. The van der Waals surface area contributed by atoms with Crippen LogP contribution < -0.4 is 5.73 Å². The smallest absolute Gasteiger partial charge is 0.265 e. The zero-order valence-electron chi connectivity index (χ0n) is 10.8. The first-order valence-corrected chi connectivity index (χ1v) is 7.34. The van der Waals surface area contributed by atoms with Gasteiger partial charge in [0.15, 0.2) is 0 Å². The molecule has 2 rings (SSSR count). The third-order valence-corrected chi connectivity index (χ3v) is 4.19. The number of hydrogen-bond donors (Lipinski definition) is 2. The first-order chi connectivity index (χ1) is 9.27. The molecule has 0 radical (unpaired) electrons. The van der Waals surface area contributed by atoms with E-state index in [2.05, 4.69) is 11.8 Å². The summed E-state index contributed by atoms with van der Waals surface area (Å²) >= 11 is 1.40. The van der Waals surface area contributed by atoms with Gasteiger partial charge in [0.2, 0.25) is 0 Å². The van der Waals surface area contributed by atoms with E-state index in [1.165, 1.54) is 11.3 Å². The maximum absolute atomic E-state index is 12.5. The minimum atomic E-state index is -0.0568. The van der Waals surface area contributed by atoms with E-state index < -0.39 is 0 Å². The highest BCUT2D eigenvalue weighted by atomic mass is 32.1. The number of hydrogen-bond acceptors (Lipinski definition) is 4. The summed E-state index contributed by atoms with van der Waals surface area (Å²) in [5.41, 5.74) is 6.10. The lowest BCUT2D eigenvalue weighted by Gasteiger charge is -2.34. The van der Waals surface area contributed by atoms with Crippen molar-refractivity contribution in [3.05, 3.63) is 21.9 Å². The number of likely N-dealkylation sites (tertiary alicyclic amines) is 1. The molecule has 5 heteroatoms. The van der Waals surface area contributed by atoms with E-state index in [0.717, 1.165) is 24.8 Å². The summed E-state index contributed by atoms with van der Waals surface area (Å²) in [6.07, 6.45) is 2.94. The molecule has 0 aliphatic carbocycles. The fourth-order valence-corrected chi connectivity index (χ4v) is 3.11. The highest BCUT2D eigenvalue weighted by molar-refractivity contribution is 7.12. The maximum Gasteiger partial charge on any atom is 0.265 e. The van der Waals surface area contributed by atoms with E-state index in [1.807, 2.05) is 11.4 Å². The molecule has 1 aromatic rings. The molecule has 1 aromatic heterocycles. The molecule has 1 fully saturated rings. The standard InChI is InChI=1S/C14H18N2O2S/c15-7-3-4-11-6-9-19-13(11)14(18)16-8-2-1-5-12(16)10-17/h6,9,12,17H,1-2,5,7-8,10,15H2. The van der Waals surface area contributed by atoms with Gasteiger partial charge in [-0.25, -0.2) is 0 Å². The second-order valence-corrected chi connectivity index (χ2v) is 5.42. The van der Waals surface area contributed by atoms with Crippen LogP contribution >= 0.6 is 11.3 Å². The normalized spacial score (nSPS) is 18.8. The Balaban J connectivity index is 2.21. The molecule has 0 bridgehead atoms. The summed E-state index contributed by atoms with van der Waals surface area (Å²) < 4.78 is 0. The van der Waals surface area contributed by atoms with E-state index in [9.17, 15) is 9.90 Å². The number of thiophene rings is 1. The van der Waals surface area contributed by atoms with Crippen molar-refractivity contribution in [1.29, 1.82) is 0 Å². The summed E-state index contributed by atoms with van der Waals surface area (Å²) in [6, 6.07) is 1.79. The molecular formula is C14H18N2O2S. The van der Waals surface area contributed by atoms with Crippen molar-refractivity contribution in [1.82, 2.24) is 4.90 Å². The van der Waals surface area contributed by atoms with Gasteiger partial charge in [0.05, 0.1) is 19.2 Å². The van der Waals surface area contributed by atoms with E-state index in [-0.39, 0.29) is 25.1 Å².